The van der Waals surface area contributed by atoms with Crippen LogP contribution in [0.25, 0.3) is 11.1 Å². The Morgan fingerprint density at radius 3 is 2.32 bits per heavy atom. The number of ether oxygens (including phenoxy) is 1. The SMILES string of the molecule is C=CC(=O)OC(C)c1ccccc1-c1ccccc1C(=O)O. The summed E-state index contributed by atoms with van der Waals surface area (Å²) in [7, 11) is 0. The zero-order valence-electron chi connectivity index (χ0n) is 12.2. The Morgan fingerprint density at radius 2 is 1.68 bits per heavy atom. The van der Waals surface area contributed by atoms with E-state index in [1.54, 1.807) is 31.2 Å². The molecule has 1 atom stereocenters. The molecule has 0 aliphatic heterocycles. The van der Waals surface area contributed by atoms with E-state index in [4.69, 9.17) is 4.74 Å². The number of hydrogen-bond donors (Lipinski definition) is 1. The van der Waals surface area contributed by atoms with Crippen LogP contribution in [0.2, 0.25) is 0 Å². The topological polar surface area (TPSA) is 63.6 Å². The smallest absolute Gasteiger partial charge is 0.336 e. The van der Waals surface area contributed by atoms with Gasteiger partial charge in [0, 0.05) is 11.6 Å². The van der Waals surface area contributed by atoms with Crippen molar-refractivity contribution in [1.82, 2.24) is 0 Å². The Morgan fingerprint density at radius 1 is 1.09 bits per heavy atom. The molecule has 2 aromatic rings. The van der Waals surface area contributed by atoms with Gasteiger partial charge in [-0.1, -0.05) is 49.0 Å². The van der Waals surface area contributed by atoms with Gasteiger partial charge in [0.1, 0.15) is 6.10 Å². The van der Waals surface area contributed by atoms with Gasteiger partial charge in [0.25, 0.3) is 0 Å². The lowest BCUT2D eigenvalue weighted by molar-refractivity contribution is -0.142. The first kappa shape index (κ1) is 15.5. The van der Waals surface area contributed by atoms with Crippen molar-refractivity contribution in [1.29, 1.82) is 0 Å². The lowest BCUT2D eigenvalue weighted by atomic mass is 9.93. The van der Waals surface area contributed by atoms with E-state index in [0.717, 1.165) is 17.2 Å². The molecule has 2 rings (SSSR count). The zero-order chi connectivity index (χ0) is 16.1. The monoisotopic (exact) mass is 296 g/mol. The van der Waals surface area contributed by atoms with Gasteiger partial charge in [-0.2, -0.15) is 0 Å². The Bertz CT molecular complexity index is 719. The molecule has 0 aromatic heterocycles. The van der Waals surface area contributed by atoms with Crippen molar-refractivity contribution in [3.63, 3.8) is 0 Å². The van der Waals surface area contributed by atoms with Crippen LogP contribution in [0.1, 0.15) is 28.9 Å². The van der Waals surface area contributed by atoms with Gasteiger partial charge >= 0.3 is 11.9 Å². The quantitative estimate of drug-likeness (QED) is 0.672. The largest absolute Gasteiger partial charge is 0.478 e. The molecule has 0 heterocycles. The van der Waals surface area contributed by atoms with Crippen LogP contribution < -0.4 is 0 Å². The van der Waals surface area contributed by atoms with Crippen LogP contribution in [-0.2, 0) is 9.53 Å². The summed E-state index contributed by atoms with van der Waals surface area (Å²) in [5.41, 5.74) is 2.26. The van der Waals surface area contributed by atoms with E-state index in [2.05, 4.69) is 6.58 Å². The maximum absolute atomic E-state index is 11.4. The molecular formula is C18H16O4. The minimum absolute atomic E-state index is 0.206. The van der Waals surface area contributed by atoms with Crippen molar-refractivity contribution >= 4 is 11.9 Å². The van der Waals surface area contributed by atoms with Crippen LogP contribution >= 0.6 is 0 Å². The van der Waals surface area contributed by atoms with Gasteiger partial charge in [0.2, 0.25) is 0 Å². The molecule has 0 radical (unpaired) electrons. The second kappa shape index (κ2) is 6.72. The highest BCUT2D eigenvalue weighted by Crippen LogP contribution is 2.32. The molecule has 0 bridgehead atoms. The molecule has 0 fully saturated rings. The summed E-state index contributed by atoms with van der Waals surface area (Å²) in [5, 5.41) is 9.34. The summed E-state index contributed by atoms with van der Waals surface area (Å²) < 4.78 is 5.24. The molecule has 4 nitrogen and oxygen atoms in total. The van der Waals surface area contributed by atoms with Crippen LogP contribution in [0, 0.1) is 0 Å². The lowest BCUT2D eigenvalue weighted by Crippen LogP contribution is -2.08. The molecule has 1 N–H and O–H groups in total. The van der Waals surface area contributed by atoms with Gasteiger partial charge in [-0.25, -0.2) is 9.59 Å². The number of hydrogen-bond acceptors (Lipinski definition) is 3. The maximum Gasteiger partial charge on any atom is 0.336 e. The van der Waals surface area contributed by atoms with E-state index in [9.17, 15) is 14.7 Å². The molecule has 2 aromatic carbocycles. The minimum Gasteiger partial charge on any atom is -0.478 e. The highest BCUT2D eigenvalue weighted by atomic mass is 16.5. The summed E-state index contributed by atoms with van der Waals surface area (Å²) in [6.07, 6.45) is 0.591. The van der Waals surface area contributed by atoms with E-state index >= 15 is 0 Å². The number of benzene rings is 2. The summed E-state index contributed by atoms with van der Waals surface area (Å²) in [4.78, 5) is 22.8. The van der Waals surface area contributed by atoms with Gasteiger partial charge in [-0.3, -0.25) is 0 Å². The predicted octanol–water partition coefficient (Wildman–Crippen LogP) is 3.84. The van der Waals surface area contributed by atoms with E-state index < -0.39 is 18.0 Å². The van der Waals surface area contributed by atoms with Crippen LogP contribution in [-0.4, -0.2) is 17.0 Å². The molecule has 22 heavy (non-hydrogen) atoms. The predicted molar refractivity (Wildman–Crippen MR) is 83.5 cm³/mol. The molecule has 0 aliphatic rings. The average molecular weight is 296 g/mol. The standard InChI is InChI=1S/C18H16O4/c1-3-17(19)22-12(2)13-8-4-5-9-14(13)15-10-6-7-11-16(15)18(20)21/h3-12H,1H2,2H3,(H,20,21). The van der Waals surface area contributed by atoms with Crippen molar-refractivity contribution in [2.24, 2.45) is 0 Å². The van der Waals surface area contributed by atoms with E-state index in [0.29, 0.717) is 5.56 Å². The number of carbonyl (C=O) groups excluding carboxylic acids is 1. The van der Waals surface area contributed by atoms with E-state index in [1.807, 2.05) is 24.3 Å². The van der Waals surface area contributed by atoms with Crippen LogP contribution in [0.5, 0.6) is 0 Å². The van der Waals surface area contributed by atoms with Gasteiger partial charge < -0.3 is 9.84 Å². The average Bonchev–Trinajstić information content (AvgIpc) is 2.54. The third kappa shape index (κ3) is 3.23. The third-order valence-corrected chi connectivity index (χ3v) is 3.31. The molecule has 0 amide bonds. The van der Waals surface area contributed by atoms with Crippen LogP contribution in [0.15, 0.2) is 61.2 Å². The number of esters is 1. The van der Waals surface area contributed by atoms with Crippen molar-refractivity contribution in [2.75, 3.05) is 0 Å². The highest BCUT2D eigenvalue weighted by Gasteiger charge is 2.18. The summed E-state index contributed by atoms with van der Waals surface area (Å²) in [5.74, 6) is -1.52. The first-order valence-electron chi connectivity index (χ1n) is 6.79. The van der Waals surface area contributed by atoms with Crippen molar-refractivity contribution in [3.8, 4) is 11.1 Å². The highest BCUT2D eigenvalue weighted by molar-refractivity contribution is 5.96. The second-order valence-corrected chi connectivity index (χ2v) is 4.72. The van der Waals surface area contributed by atoms with Crippen molar-refractivity contribution < 1.29 is 19.4 Å². The normalized spacial score (nSPS) is 11.5. The first-order valence-corrected chi connectivity index (χ1v) is 6.79. The maximum atomic E-state index is 11.4. The number of carboxylic acids is 1. The first-order chi connectivity index (χ1) is 10.5. The van der Waals surface area contributed by atoms with Gasteiger partial charge in [0.05, 0.1) is 5.56 Å². The van der Waals surface area contributed by atoms with Gasteiger partial charge in [-0.05, 0) is 24.1 Å². The number of carboxylic acid groups (broad SMARTS) is 1. The van der Waals surface area contributed by atoms with Gasteiger partial charge in [-0.15, -0.1) is 0 Å². The fourth-order valence-corrected chi connectivity index (χ4v) is 2.29. The number of rotatable bonds is 5. The second-order valence-electron chi connectivity index (χ2n) is 4.72. The fraction of sp³-hybridized carbons (Fsp3) is 0.111. The Balaban J connectivity index is 2.52. The van der Waals surface area contributed by atoms with Crippen LogP contribution in [0.3, 0.4) is 0 Å². The Labute approximate surface area is 128 Å². The molecule has 0 aliphatic carbocycles. The molecular weight excluding hydrogens is 280 g/mol. The molecule has 1 unspecified atom stereocenters. The fourth-order valence-electron chi connectivity index (χ4n) is 2.29. The van der Waals surface area contributed by atoms with Crippen molar-refractivity contribution in [3.05, 3.63) is 72.3 Å². The Hall–Kier alpha value is -2.88. The summed E-state index contributed by atoms with van der Waals surface area (Å²) in [6.45, 7) is 5.11. The summed E-state index contributed by atoms with van der Waals surface area (Å²) in [6, 6.07) is 14.0. The minimum atomic E-state index is -0.999. The van der Waals surface area contributed by atoms with E-state index in [1.165, 1.54) is 0 Å². The van der Waals surface area contributed by atoms with Crippen molar-refractivity contribution in [2.45, 2.75) is 13.0 Å². The van der Waals surface area contributed by atoms with Gasteiger partial charge in [0.15, 0.2) is 0 Å². The Kier molecular flexibility index (Phi) is 4.73. The molecule has 0 spiro atoms. The number of carbonyl (C=O) groups is 2. The molecule has 0 saturated heterocycles. The summed E-state index contributed by atoms with van der Waals surface area (Å²) >= 11 is 0. The molecule has 0 saturated carbocycles. The van der Waals surface area contributed by atoms with E-state index in [-0.39, 0.29) is 5.56 Å². The zero-order valence-corrected chi connectivity index (χ0v) is 12.2. The number of aromatic carboxylic acids is 1. The molecule has 4 heteroatoms. The lowest BCUT2D eigenvalue weighted by Gasteiger charge is -2.17. The van der Waals surface area contributed by atoms with Crippen LogP contribution in [0.4, 0.5) is 0 Å². The molecule has 112 valence electrons. The third-order valence-electron chi connectivity index (χ3n) is 3.31.